The Morgan fingerprint density at radius 2 is 1.96 bits per heavy atom. The van der Waals surface area contributed by atoms with Gasteiger partial charge in [-0.25, -0.2) is 0 Å². The zero-order valence-corrected chi connectivity index (χ0v) is 15.2. The summed E-state index contributed by atoms with van der Waals surface area (Å²) in [6.07, 6.45) is -1.33. The first-order valence-electron chi connectivity index (χ1n) is 8.18. The number of rotatable bonds is 4. The molecule has 4 N–H and O–H groups in total. The predicted molar refractivity (Wildman–Crippen MR) is 95.4 cm³/mol. The number of hydrogen-bond donors (Lipinski definition) is 3. The summed E-state index contributed by atoms with van der Waals surface area (Å²) in [5.74, 6) is -1.20. The van der Waals surface area contributed by atoms with Crippen molar-refractivity contribution in [2.45, 2.75) is 44.8 Å². The van der Waals surface area contributed by atoms with Crippen molar-refractivity contribution in [1.82, 2.24) is 5.32 Å². The lowest BCUT2D eigenvalue weighted by Gasteiger charge is -2.26. The average molecular weight is 394 g/mol. The Labute approximate surface area is 156 Å². The van der Waals surface area contributed by atoms with Crippen LogP contribution in [0.4, 0.5) is 18.9 Å². The van der Waals surface area contributed by atoms with Crippen LogP contribution in [0.5, 0.6) is 0 Å². The normalized spacial score (nSPS) is 20.0. The van der Waals surface area contributed by atoms with Gasteiger partial charge in [-0.15, -0.1) is 12.4 Å². The van der Waals surface area contributed by atoms with Crippen LogP contribution in [0.1, 0.15) is 41.6 Å². The lowest BCUT2D eigenvalue weighted by Crippen LogP contribution is -2.35. The maximum absolute atomic E-state index is 12.4. The van der Waals surface area contributed by atoms with Gasteiger partial charge in [0.1, 0.15) is 6.54 Å². The minimum atomic E-state index is -4.48. The van der Waals surface area contributed by atoms with Crippen molar-refractivity contribution >= 4 is 29.9 Å². The highest BCUT2D eigenvalue weighted by Gasteiger charge is 2.28. The van der Waals surface area contributed by atoms with Gasteiger partial charge in [0.25, 0.3) is 5.91 Å². The van der Waals surface area contributed by atoms with E-state index in [1.54, 1.807) is 13.0 Å². The Kier molecular flexibility index (Phi) is 7.89. The Morgan fingerprint density at radius 3 is 2.58 bits per heavy atom. The van der Waals surface area contributed by atoms with Gasteiger partial charge in [-0.2, -0.15) is 13.2 Å². The zero-order chi connectivity index (χ0) is 18.6. The molecule has 2 amide bonds. The molecule has 0 saturated heterocycles. The van der Waals surface area contributed by atoms with Crippen LogP contribution in [-0.4, -0.2) is 30.6 Å². The van der Waals surface area contributed by atoms with Gasteiger partial charge in [-0.1, -0.05) is 12.5 Å². The molecule has 1 aromatic rings. The Balaban J connectivity index is 0.00000338. The van der Waals surface area contributed by atoms with Crippen molar-refractivity contribution in [2.24, 2.45) is 11.7 Å². The van der Waals surface area contributed by atoms with Crippen LogP contribution < -0.4 is 16.4 Å². The summed E-state index contributed by atoms with van der Waals surface area (Å²) in [5.41, 5.74) is 7.10. The Hall–Kier alpha value is -1.80. The fraction of sp³-hybridized carbons (Fsp3) is 0.529. The molecule has 1 aromatic carbocycles. The van der Waals surface area contributed by atoms with E-state index in [-0.39, 0.29) is 35.8 Å². The molecule has 0 spiro atoms. The molecular weight excluding hydrogens is 371 g/mol. The third-order valence-electron chi connectivity index (χ3n) is 4.29. The highest BCUT2D eigenvalue weighted by atomic mass is 35.5. The number of nitrogens with one attached hydrogen (secondary N) is 2. The van der Waals surface area contributed by atoms with Crippen LogP contribution in [0.2, 0.25) is 0 Å². The van der Waals surface area contributed by atoms with E-state index in [1.807, 2.05) is 5.32 Å². The van der Waals surface area contributed by atoms with Crippen LogP contribution in [0.25, 0.3) is 0 Å². The molecule has 2 rings (SSSR count). The second-order valence-electron chi connectivity index (χ2n) is 6.44. The van der Waals surface area contributed by atoms with Gasteiger partial charge in [0.05, 0.1) is 0 Å². The summed E-state index contributed by atoms with van der Waals surface area (Å²) < 4.78 is 36.6. The molecule has 0 aliphatic heterocycles. The van der Waals surface area contributed by atoms with Crippen LogP contribution in [0, 0.1) is 12.8 Å². The Morgan fingerprint density at radius 1 is 1.27 bits per heavy atom. The molecule has 1 aliphatic carbocycles. The smallest absolute Gasteiger partial charge is 0.343 e. The molecule has 2 unspecified atom stereocenters. The molecule has 1 saturated carbocycles. The summed E-state index contributed by atoms with van der Waals surface area (Å²) >= 11 is 0. The van der Waals surface area contributed by atoms with E-state index >= 15 is 0 Å². The first kappa shape index (κ1) is 22.2. The fourth-order valence-electron chi connectivity index (χ4n) is 2.88. The van der Waals surface area contributed by atoms with Gasteiger partial charge >= 0.3 is 6.18 Å². The molecule has 146 valence electrons. The molecule has 0 aromatic heterocycles. The fourth-order valence-corrected chi connectivity index (χ4v) is 2.88. The lowest BCUT2D eigenvalue weighted by molar-refractivity contribution is -0.123. The number of benzene rings is 1. The van der Waals surface area contributed by atoms with E-state index in [9.17, 15) is 22.8 Å². The maximum Gasteiger partial charge on any atom is 0.405 e. The van der Waals surface area contributed by atoms with Gasteiger partial charge in [-0.3, -0.25) is 9.59 Å². The molecule has 2 atom stereocenters. The molecule has 0 heterocycles. The van der Waals surface area contributed by atoms with Crippen molar-refractivity contribution in [3.63, 3.8) is 0 Å². The number of nitrogens with two attached hydrogens (primary N) is 1. The summed E-state index contributed by atoms with van der Waals surface area (Å²) in [5, 5.41) is 4.59. The van der Waals surface area contributed by atoms with Crippen molar-refractivity contribution in [2.75, 3.05) is 11.9 Å². The first-order chi connectivity index (χ1) is 11.7. The van der Waals surface area contributed by atoms with Crippen LogP contribution >= 0.6 is 12.4 Å². The van der Waals surface area contributed by atoms with Crippen molar-refractivity contribution in [1.29, 1.82) is 0 Å². The number of anilines is 1. The number of alkyl halides is 3. The monoisotopic (exact) mass is 393 g/mol. The number of aryl methyl sites for hydroxylation is 1. The van der Waals surface area contributed by atoms with E-state index in [4.69, 9.17) is 5.73 Å². The van der Waals surface area contributed by atoms with Gasteiger partial charge in [0.2, 0.25) is 5.91 Å². The molecule has 1 fully saturated rings. The quantitative estimate of drug-likeness (QED) is 0.734. The van der Waals surface area contributed by atoms with E-state index in [1.165, 1.54) is 12.1 Å². The molecule has 1 aliphatic rings. The third kappa shape index (κ3) is 6.49. The molecule has 9 heteroatoms. The van der Waals surface area contributed by atoms with Crippen LogP contribution in [0.15, 0.2) is 18.2 Å². The van der Waals surface area contributed by atoms with E-state index < -0.39 is 18.6 Å². The van der Waals surface area contributed by atoms with E-state index in [2.05, 4.69) is 5.32 Å². The second-order valence-corrected chi connectivity index (χ2v) is 6.44. The Bertz CT molecular complexity index is 653. The molecule has 0 radical (unpaired) electrons. The summed E-state index contributed by atoms with van der Waals surface area (Å²) in [6, 6.07) is 4.41. The number of amides is 2. The van der Waals surface area contributed by atoms with E-state index in [0.29, 0.717) is 12.1 Å². The minimum Gasteiger partial charge on any atom is -0.343 e. The summed E-state index contributed by atoms with van der Waals surface area (Å²) in [7, 11) is 0. The molecule has 26 heavy (non-hydrogen) atoms. The van der Waals surface area contributed by atoms with Crippen LogP contribution in [0.3, 0.4) is 0 Å². The van der Waals surface area contributed by atoms with E-state index in [0.717, 1.165) is 24.8 Å². The summed E-state index contributed by atoms with van der Waals surface area (Å²) in [4.78, 5) is 24.2. The topological polar surface area (TPSA) is 84.2 Å². The predicted octanol–water partition coefficient (Wildman–Crippen LogP) is 3.16. The highest BCUT2D eigenvalue weighted by molar-refractivity contribution is 5.98. The largest absolute Gasteiger partial charge is 0.405 e. The zero-order valence-electron chi connectivity index (χ0n) is 14.4. The summed E-state index contributed by atoms with van der Waals surface area (Å²) in [6.45, 7) is 0.348. The van der Waals surface area contributed by atoms with Crippen LogP contribution in [-0.2, 0) is 4.79 Å². The highest BCUT2D eigenvalue weighted by Crippen LogP contribution is 2.26. The van der Waals surface area contributed by atoms with Gasteiger partial charge in [0.15, 0.2) is 0 Å². The third-order valence-corrected chi connectivity index (χ3v) is 4.29. The van der Waals surface area contributed by atoms with Crippen molar-refractivity contribution < 1.29 is 22.8 Å². The van der Waals surface area contributed by atoms with Crippen molar-refractivity contribution in [3.8, 4) is 0 Å². The molecular formula is C17H23ClF3N3O2. The molecule has 5 nitrogen and oxygen atoms in total. The minimum absolute atomic E-state index is 0. The number of carbonyl (C=O) groups excluding carboxylic acids is 2. The SMILES string of the molecule is Cc1ccc(C(=O)NCC(F)(F)F)cc1NC(=O)C1CCCC(N)C1.Cl. The number of halogens is 4. The van der Waals surface area contributed by atoms with Crippen molar-refractivity contribution in [3.05, 3.63) is 29.3 Å². The maximum atomic E-state index is 12.4. The second kappa shape index (κ2) is 9.23. The number of hydrogen-bond acceptors (Lipinski definition) is 3. The van der Waals surface area contributed by atoms with Gasteiger partial charge in [0, 0.05) is 23.2 Å². The average Bonchev–Trinajstić information content (AvgIpc) is 2.54. The molecule has 0 bridgehead atoms. The van der Waals surface area contributed by atoms with Gasteiger partial charge < -0.3 is 16.4 Å². The number of carbonyl (C=O) groups is 2. The standard InChI is InChI=1S/C17H22F3N3O2.ClH/c1-10-5-6-12(15(24)22-9-17(18,19)20)8-14(10)23-16(25)11-3-2-4-13(21)7-11;/h5-6,8,11,13H,2-4,7,9,21H2,1H3,(H,22,24)(H,23,25);1H. The first-order valence-corrected chi connectivity index (χ1v) is 8.18. The van der Waals surface area contributed by atoms with Gasteiger partial charge in [-0.05, 0) is 43.9 Å². The lowest BCUT2D eigenvalue weighted by atomic mass is 9.85.